The van der Waals surface area contributed by atoms with Gasteiger partial charge in [0.15, 0.2) is 0 Å². The van der Waals surface area contributed by atoms with Crippen molar-refractivity contribution < 1.29 is 4.79 Å². The fourth-order valence-electron chi connectivity index (χ4n) is 2.40. The summed E-state index contributed by atoms with van der Waals surface area (Å²) in [6.07, 6.45) is 5.28. The van der Waals surface area contributed by atoms with Crippen LogP contribution in [0.1, 0.15) is 49.7 Å². The number of nitrogens with zero attached hydrogens (tertiary/aromatic N) is 2. The molecule has 2 heterocycles. The summed E-state index contributed by atoms with van der Waals surface area (Å²) in [7, 11) is 0. The van der Waals surface area contributed by atoms with Crippen molar-refractivity contribution >= 4 is 5.91 Å². The number of carbonyl (C=O) groups excluding carboxylic acids is 1. The molecule has 1 aromatic heterocycles. The monoisotopic (exact) mass is 275 g/mol. The summed E-state index contributed by atoms with van der Waals surface area (Å²) in [5.74, 6) is -0.0592. The zero-order valence-electron chi connectivity index (χ0n) is 12.8. The number of amides is 1. The molecular formula is C16H25N3O. The highest BCUT2D eigenvalue weighted by Gasteiger charge is 2.15. The van der Waals surface area contributed by atoms with Gasteiger partial charge in [-0.25, -0.2) is 0 Å². The molecule has 0 aliphatic carbocycles. The van der Waals surface area contributed by atoms with Crippen molar-refractivity contribution in [1.82, 2.24) is 15.2 Å². The summed E-state index contributed by atoms with van der Waals surface area (Å²) in [5.41, 5.74) is 1.47. The largest absolute Gasteiger partial charge is 0.347 e. The molecule has 1 fully saturated rings. The molecule has 4 nitrogen and oxygen atoms in total. The van der Waals surface area contributed by atoms with Crippen LogP contribution in [0.2, 0.25) is 0 Å². The quantitative estimate of drug-likeness (QED) is 0.916. The lowest BCUT2D eigenvalue weighted by Gasteiger charge is -2.20. The maximum atomic E-state index is 12.0. The number of nitrogens with one attached hydrogen (secondary N) is 1. The molecule has 1 aliphatic heterocycles. The van der Waals surface area contributed by atoms with Crippen LogP contribution in [-0.4, -0.2) is 41.0 Å². The van der Waals surface area contributed by atoms with E-state index in [9.17, 15) is 4.79 Å². The first-order valence-electron chi connectivity index (χ1n) is 7.44. The van der Waals surface area contributed by atoms with Gasteiger partial charge in [0.25, 0.3) is 5.91 Å². The highest BCUT2D eigenvalue weighted by Crippen LogP contribution is 2.09. The molecule has 1 aromatic rings. The summed E-state index contributed by atoms with van der Waals surface area (Å²) in [5, 5.41) is 2.94. The van der Waals surface area contributed by atoms with Gasteiger partial charge in [0, 0.05) is 30.4 Å². The van der Waals surface area contributed by atoms with Crippen molar-refractivity contribution in [3.8, 4) is 0 Å². The summed E-state index contributed by atoms with van der Waals surface area (Å²) >= 11 is 0. The second-order valence-electron chi connectivity index (χ2n) is 6.54. The van der Waals surface area contributed by atoms with Gasteiger partial charge in [0.1, 0.15) is 0 Å². The SMILES string of the molecule is CC(C)(C)NC(=O)c1ccc(CCN2CCCC2)nc1. The van der Waals surface area contributed by atoms with Crippen molar-refractivity contribution in [3.05, 3.63) is 29.6 Å². The fraction of sp³-hybridized carbons (Fsp3) is 0.625. The normalized spacial score (nSPS) is 16.4. The van der Waals surface area contributed by atoms with E-state index < -0.39 is 0 Å². The minimum atomic E-state index is -0.217. The van der Waals surface area contributed by atoms with E-state index in [1.54, 1.807) is 6.20 Å². The molecule has 0 aromatic carbocycles. The van der Waals surface area contributed by atoms with Gasteiger partial charge >= 0.3 is 0 Å². The van der Waals surface area contributed by atoms with Crippen LogP contribution in [0.3, 0.4) is 0 Å². The molecule has 1 aliphatic rings. The number of hydrogen-bond donors (Lipinski definition) is 1. The molecular weight excluding hydrogens is 250 g/mol. The van der Waals surface area contributed by atoms with Crippen LogP contribution >= 0.6 is 0 Å². The lowest BCUT2D eigenvalue weighted by molar-refractivity contribution is 0.0919. The molecule has 20 heavy (non-hydrogen) atoms. The predicted molar refractivity (Wildman–Crippen MR) is 80.8 cm³/mol. The minimum Gasteiger partial charge on any atom is -0.347 e. The van der Waals surface area contributed by atoms with Crippen LogP contribution in [-0.2, 0) is 6.42 Å². The molecule has 0 unspecified atom stereocenters. The average molecular weight is 275 g/mol. The van der Waals surface area contributed by atoms with Crippen molar-refractivity contribution in [2.45, 2.75) is 45.6 Å². The fourth-order valence-corrected chi connectivity index (χ4v) is 2.40. The lowest BCUT2D eigenvalue weighted by Crippen LogP contribution is -2.40. The minimum absolute atomic E-state index is 0.0592. The molecule has 0 atom stereocenters. The van der Waals surface area contributed by atoms with Crippen LogP contribution in [0, 0.1) is 0 Å². The standard InChI is InChI=1S/C16H25N3O/c1-16(2,3)18-15(20)13-6-7-14(17-12-13)8-11-19-9-4-5-10-19/h6-7,12H,4-5,8-11H2,1-3H3,(H,18,20). The third-order valence-electron chi connectivity index (χ3n) is 3.46. The second kappa shape index (κ2) is 6.35. The van der Waals surface area contributed by atoms with E-state index in [-0.39, 0.29) is 11.4 Å². The Bertz CT molecular complexity index is 442. The molecule has 1 amide bonds. The molecule has 0 spiro atoms. The van der Waals surface area contributed by atoms with Gasteiger partial charge in [-0.2, -0.15) is 0 Å². The molecule has 110 valence electrons. The van der Waals surface area contributed by atoms with E-state index in [1.165, 1.54) is 25.9 Å². The number of pyridine rings is 1. The second-order valence-corrected chi connectivity index (χ2v) is 6.54. The number of carbonyl (C=O) groups is 1. The van der Waals surface area contributed by atoms with E-state index in [4.69, 9.17) is 0 Å². The number of hydrogen-bond acceptors (Lipinski definition) is 3. The summed E-state index contributed by atoms with van der Waals surface area (Å²) < 4.78 is 0. The summed E-state index contributed by atoms with van der Waals surface area (Å²) in [6.45, 7) is 9.42. The predicted octanol–water partition coefficient (Wildman–Crippen LogP) is 2.25. The van der Waals surface area contributed by atoms with Gasteiger partial charge in [0.2, 0.25) is 0 Å². The van der Waals surface area contributed by atoms with Crippen LogP contribution in [0.25, 0.3) is 0 Å². The van der Waals surface area contributed by atoms with E-state index >= 15 is 0 Å². The Labute approximate surface area is 121 Å². The molecule has 0 radical (unpaired) electrons. The first-order valence-corrected chi connectivity index (χ1v) is 7.44. The van der Waals surface area contributed by atoms with Crippen LogP contribution in [0.4, 0.5) is 0 Å². The van der Waals surface area contributed by atoms with E-state index in [2.05, 4.69) is 15.2 Å². The van der Waals surface area contributed by atoms with Crippen molar-refractivity contribution in [3.63, 3.8) is 0 Å². The lowest BCUT2D eigenvalue weighted by atomic mass is 10.1. The molecule has 4 heteroatoms. The summed E-state index contributed by atoms with van der Waals surface area (Å²) in [6, 6.07) is 3.83. The average Bonchev–Trinajstić information content (AvgIpc) is 2.88. The summed E-state index contributed by atoms with van der Waals surface area (Å²) in [4.78, 5) is 18.9. The molecule has 0 bridgehead atoms. The Balaban J connectivity index is 1.87. The smallest absolute Gasteiger partial charge is 0.253 e. The Morgan fingerprint density at radius 1 is 1.30 bits per heavy atom. The van der Waals surface area contributed by atoms with Gasteiger partial charge in [-0.15, -0.1) is 0 Å². The third kappa shape index (κ3) is 4.60. The van der Waals surface area contributed by atoms with Crippen molar-refractivity contribution in [1.29, 1.82) is 0 Å². The number of aromatic nitrogens is 1. The van der Waals surface area contributed by atoms with Gasteiger partial charge < -0.3 is 10.2 Å². The van der Waals surface area contributed by atoms with Crippen molar-refractivity contribution in [2.24, 2.45) is 0 Å². The van der Waals surface area contributed by atoms with Gasteiger partial charge in [-0.1, -0.05) is 0 Å². The topological polar surface area (TPSA) is 45.2 Å². The van der Waals surface area contributed by atoms with Crippen molar-refractivity contribution in [2.75, 3.05) is 19.6 Å². The van der Waals surface area contributed by atoms with Gasteiger partial charge in [0.05, 0.1) is 5.56 Å². The Morgan fingerprint density at radius 3 is 2.55 bits per heavy atom. The van der Waals surface area contributed by atoms with Crippen LogP contribution < -0.4 is 5.32 Å². The number of likely N-dealkylation sites (tertiary alicyclic amines) is 1. The first-order chi connectivity index (χ1) is 9.44. The van der Waals surface area contributed by atoms with Crippen LogP contribution in [0.15, 0.2) is 18.3 Å². The molecule has 0 saturated carbocycles. The highest BCUT2D eigenvalue weighted by molar-refractivity contribution is 5.94. The maximum absolute atomic E-state index is 12.0. The molecule has 1 N–H and O–H groups in total. The highest BCUT2D eigenvalue weighted by atomic mass is 16.1. The van der Waals surface area contributed by atoms with E-state index in [1.807, 2.05) is 32.9 Å². The van der Waals surface area contributed by atoms with Gasteiger partial charge in [-0.3, -0.25) is 9.78 Å². The third-order valence-corrected chi connectivity index (χ3v) is 3.46. The van der Waals surface area contributed by atoms with E-state index in [0.717, 1.165) is 18.7 Å². The van der Waals surface area contributed by atoms with E-state index in [0.29, 0.717) is 5.56 Å². The Hall–Kier alpha value is -1.42. The zero-order valence-corrected chi connectivity index (χ0v) is 12.8. The zero-order chi connectivity index (χ0) is 14.6. The maximum Gasteiger partial charge on any atom is 0.253 e. The van der Waals surface area contributed by atoms with Gasteiger partial charge in [-0.05, 0) is 58.8 Å². The Morgan fingerprint density at radius 2 is 2.00 bits per heavy atom. The number of rotatable bonds is 4. The molecule has 2 rings (SSSR count). The molecule has 1 saturated heterocycles. The first kappa shape index (κ1) is 15.0. The Kier molecular flexibility index (Phi) is 4.76. The van der Waals surface area contributed by atoms with Crippen LogP contribution in [0.5, 0.6) is 0 Å².